The molecule has 2 nitrogen and oxygen atoms in total. The molecule has 0 radical (unpaired) electrons. The first kappa shape index (κ1) is 9.23. The average molecular weight is 165 g/mol. The summed E-state index contributed by atoms with van der Waals surface area (Å²) in [4.78, 5) is 0. The third-order valence-electron chi connectivity index (χ3n) is 2.01. The lowest BCUT2D eigenvalue weighted by Gasteiger charge is -2.17. The number of hydroxylamine groups is 2. The molecule has 0 aromatic heterocycles. The summed E-state index contributed by atoms with van der Waals surface area (Å²) in [5.74, 6) is 0. The molecule has 1 atom stereocenters. The fourth-order valence-corrected chi connectivity index (χ4v) is 1.09. The van der Waals surface area contributed by atoms with E-state index in [4.69, 9.17) is 5.21 Å². The van der Waals surface area contributed by atoms with E-state index in [-0.39, 0.29) is 6.04 Å². The fourth-order valence-electron chi connectivity index (χ4n) is 1.09. The third kappa shape index (κ3) is 2.64. The summed E-state index contributed by atoms with van der Waals surface area (Å²) in [6, 6.07) is 10.3. The van der Waals surface area contributed by atoms with Gasteiger partial charge in [0.05, 0.1) is 0 Å². The standard InChI is InChI=1S/C10H15NO/c1-9(11(2)12)8-10-6-4-3-5-7-10/h3-7,9,12H,8H2,1-2H3/t9-/m1/s1. The first-order valence-corrected chi connectivity index (χ1v) is 4.16. The number of likely N-dealkylation sites (N-methyl/N-ethyl adjacent to an activating group) is 1. The normalized spacial score (nSPS) is 13.3. The second-order valence-corrected chi connectivity index (χ2v) is 3.11. The highest BCUT2D eigenvalue weighted by atomic mass is 16.5. The number of nitrogens with zero attached hydrogens (tertiary/aromatic N) is 1. The molecule has 2 heteroatoms. The summed E-state index contributed by atoms with van der Waals surface area (Å²) in [7, 11) is 1.67. The highest BCUT2D eigenvalue weighted by Gasteiger charge is 2.05. The monoisotopic (exact) mass is 165 g/mol. The molecule has 1 N–H and O–H groups in total. The second kappa shape index (κ2) is 4.24. The van der Waals surface area contributed by atoms with Crippen molar-refractivity contribution in [3.05, 3.63) is 35.9 Å². The summed E-state index contributed by atoms with van der Waals surface area (Å²) in [5, 5.41) is 10.4. The quantitative estimate of drug-likeness (QED) is 0.692. The Morgan fingerprint density at radius 3 is 2.42 bits per heavy atom. The van der Waals surface area contributed by atoms with E-state index in [0.29, 0.717) is 0 Å². The van der Waals surface area contributed by atoms with Crippen LogP contribution in [-0.4, -0.2) is 23.4 Å². The molecule has 1 aromatic rings. The lowest BCUT2D eigenvalue weighted by molar-refractivity contribution is -0.0963. The summed E-state index contributed by atoms with van der Waals surface area (Å²) in [6.07, 6.45) is 0.883. The fraction of sp³-hybridized carbons (Fsp3) is 0.400. The molecular weight excluding hydrogens is 150 g/mol. The van der Waals surface area contributed by atoms with Gasteiger partial charge in [-0.25, -0.2) is 0 Å². The Hall–Kier alpha value is -0.860. The van der Waals surface area contributed by atoms with E-state index in [9.17, 15) is 0 Å². The van der Waals surface area contributed by atoms with Crippen LogP contribution in [0.15, 0.2) is 30.3 Å². The topological polar surface area (TPSA) is 23.5 Å². The van der Waals surface area contributed by atoms with Crippen molar-refractivity contribution in [2.24, 2.45) is 0 Å². The minimum Gasteiger partial charge on any atom is -0.314 e. The molecule has 0 saturated carbocycles. The minimum atomic E-state index is 0.174. The van der Waals surface area contributed by atoms with Gasteiger partial charge in [0.25, 0.3) is 0 Å². The van der Waals surface area contributed by atoms with E-state index in [1.54, 1.807) is 7.05 Å². The van der Waals surface area contributed by atoms with Crippen molar-refractivity contribution in [2.45, 2.75) is 19.4 Å². The van der Waals surface area contributed by atoms with Gasteiger partial charge in [0.2, 0.25) is 0 Å². The molecule has 0 aliphatic heterocycles. The molecule has 0 saturated heterocycles. The van der Waals surface area contributed by atoms with Crippen molar-refractivity contribution in [2.75, 3.05) is 7.05 Å². The van der Waals surface area contributed by atoms with Gasteiger partial charge in [-0.3, -0.25) is 0 Å². The van der Waals surface area contributed by atoms with Gasteiger partial charge in [-0.1, -0.05) is 30.3 Å². The summed E-state index contributed by atoms with van der Waals surface area (Å²) in [6.45, 7) is 1.99. The zero-order chi connectivity index (χ0) is 8.97. The Bertz CT molecular complexity index is 221. The van der Waals surface area contributed by atoms with Gasteiger partial charge in [0, 0.05) is 13.1 Å². The van der Waals surface area contributed by atoms with Crippen LogP contribution in [0, 0.1) is 0 Å². The summed E-state index contributed by atoms with van der Waals surface area (Å²) < 4.78 is 0. The Labute approximate surface area is 73.4 Å². The molecule has 0 unspecified atom stereocenters. The molecule has 0 fully saturated rings. The van der Waals surface area contributed by atoms with Gasteiger partial charge >= 0.3 is 0 Å². The van der Waals surface area contributed by atoms with Gasteiger partial charge in [0.15, 0.2) is 0 Å². The maximum Gasteiger partial charge on any atom is 0.0359 e. The molecule has 0 aliphatic carbocycles. The van der Waals surface area contributed by atoms with Crippen LogP contribution in [0.5, 0.6) is 0 Å². The van der Waals surface area contributed by atoms with Gasteiger partial charge in [-0.2, -0.15) is 5.06 Å². The van der Waals surface area contributed by atoms with Crippen LogP contribution in [-0.2, 0) is 6.42 Å². The smallest absolute Gasteiger partial charge is 0.0359 e. The van der Waals surface area contributed by atoms with Gasteiger partial charge < -0.3 is 5.21 Å². The Kier molecular flexibility index (Phi) is 3.26. The van der Waals surface area contributed by atoms with Crippen LogP contribution >= 0.6 is 0 Å². The molecule has 0 heterocycles. The van der Waals surface area contributed by atoms with E-state index in [2.05, 4.69) is 12.1 Å². The highest BCUT2D eigenvalue weighted by molar-refractivity contribution is 5.15. The molecule has 66 valence electrons. The number of hydrogen-bond donors (Lipinski definition) is 1. The molecule has 12 heavy (non-hydrogen) atoms. The van der Waals surface area contributed by atoms with E-state index in [1.165, 1.54) is 10.6 Å². The first-order chi connectivity index (χ1) is 5.70. The molecular formula is C10H15NO. The molecule has 0 spiro atoms. The largest absolute Gasteiger partial charge is 0.314 e. The van der Waals surface area contributed by atoms with Crippen LogP contribution in [0.4, 0.5) is 0 Å². The Morgan fingerprint density at radius 1 is 1.33 bits per heavy atom. The van der Waals surface area contributed by atoms with Crippen LogP contribution < -0.4 is 0 Å². The lowest BCUT2D eigenvalue weighted by atomic mass is 10.1. The number of rotatable bonds is 3. The van der Waals surface area contributed by atoms with E-state index < -0.39 is 0 Å². The number of benzene rings is 1. The van der Waals surface area contributed by atoms with Crippen molar-refractivity contribution < 1.29 is 5.21 Å². The van der Waals surface area contributed by atoms with Crippen molar-refractivity contribution in [3.63, 3.8) is 0 Å². The SMILES string of the molecule is C[C@H](Cc1ccccc1)N(C)O. The van der Waals surface area contributed by atoms with Crippen LogP contribution in [0.3, 0.4) is 0 Å². The first-order valence-electron chi connectivity index (χ1n) is 4.16. The maximum atomic E-state index is 9.12. The summed E-state index contributed by atoms with van der Waals surface area (Å²) in [5.41, 5.74) is 1.26. The zero-order valence-electron chi connectivity index (χ0n) is 7.57. The van der Waals surface area contributed by atoms with Crippen molar-refractivity contribution in [1.29, 1.82) is 0 Å². The zero-order valence-corrected chi connectivity index (χ0v) is 7.57. The van der Waals surface area contributed by atoms with Crippen molar-refractivity contribution in [1.82, 2.24) is 5.06 Å². The molecule has 0 bridgehead atoms. The van der Waals surface area contributed by atoms with Gasteiger partial charge in [-0.05, 0) is 18.9 Å². The predicted molar refractivity (Wildman–Crippen MR) is 49.2 cm³/mol. The van der Waals surface area contributed by atoms with Crippen LogP contribution in [0.1, 0.15) is 12.5 Å². The van der Waals surface area contributed by atoms with E-state index in [1.807, 2.05) is 25.1 Å². The van der Waals surface area contributed by atoms with E-state index in [0.717, 1.165) is 6.42 Å². The average Bonchev–Trinajstić information content (AvgIpc) is 2.06. The van der Waals surface area contributed by atoms with Crippen LogP contribution in [0.2, 0.25) is 0 Å². The predicted octanol–water partition coefficient (Wildman–Crippen LogP) is 1.94. The van der Waals surface area contributed by atoms with E-state index >= 15 is 0 Å². The lowest BCUT2D eigenvalue weighted by Crippen LogP contribution is -2.27. The molecule has 0 aliphatic rings. The van der Waals surface area contributed by atoms with Crippen LogP contribution in [0.25, 0.3) is 0 Å². The minimum absolute atomic E-state index is 0.174. The maximum absolute atomic E-state index is 9.12. The van der Waals surface area contributed by atoms with Gasteiger partial charge in [0.1, 0.15) is 0 Å². The number of hydrogen-bond acceptors (Lipinski definition) is 2. The van der Waals surface area contributed by atoms with Crippen molar-refractivity contribution in [3.8, 4) is 0 Å². The van der Waals surface area contributed by atoms with Crippen molar-refractivity contribution >= 4 is 0 Å². The Morgan fingerprint density at radius 2 is 1.92 bits per heavy atom. The highest BCUT2D eigenvalue weighted by Crippen LogP contribution is 2.05. The molecule has 0 amide bonds. The molecule has 1 rings (SSSR count). The third-order valence-corrected chi connectivity index (χ3v) is 2.01. The summed E-state index contributed by atoms with van der Waals surface area (Å²) >= 11 is 0. The Balaban J connectivity index is 2.53. The second-order valence-electron chi connectivity index (χ2n) is 3.11. The molecule has 1 aromatic carbocycles. The van der Waals surface area contributed by atoms with Gasteiger partial charge in [-0.15, -0.1) is 0 Å².